The number of pyridine rings is 1. The first-order valence-electron chi connectivity index (χ1n) is 5.40. The van der Waals surface area contributed by atoms with Crippen LogP contribution in [0.5, 0.6) is 0 Å². The number of rotatable bonds is 1. The Bertz CT molecular complexity index is 389. The molecule has 0 aromatic carbocycles. The van der Waals surface area contributed by atoms with E-state index < -0.39 is 0 Å². The first-order chi connectivity index (χ1) is 7.33. The summed E-state index contributed by atoms with van der Waals surface area (Å²) in [6.07, 6.45) is 6.80. The van der Waals surface area contributed by atoms with Crippen molar-refractivity contribution < 1.29 is 0 Å². The molecule has 1 fully saturated rings. The van der Waals surface area contributed by atoms with Crippen molar-refractivity contribution in [3.63, 3.8) is 0 Å². The summed E-state index contributed by atoms with van der Waals surface area (Å²) in [5, 5.41) is 4.07. The van der Waals surface area contributed by atoms with Crippen LogP contribution < -0.4 is 5.32 Å². The first kappa shape index (κ1) is 9.37. The maximum absolute atomic E-state index is 5.79. The van der Waals surface area contributed by atoms with Crippen molar-refractivity contribution in [1.82, 2.24) is 10.3 Å². The van der Waals surface area contributed by atoms with Gasteiger partial charge in [-0.05, 0) is 36.0 Å². The summed E-state index contributed by atoms with van der Waals surface area (Å²) in [5.41, 5.74) is 2.68. The maximum atomic E-state index is 5.79. The molecule has 4 rings (SSSR count). The van der Waals surface area contributed by atoms with Gasteiger partial charge in [-0.1, -0.05) is 23.7 Å². The van der Waals surface area contributed by atoms with Gasteiger partial charge in [0.25, 0.3) is 0 Å². The lowest BCUT2D eigenvalue weighted by molar-refractivity contribution is 0.375. The van der Waals surface area contributed by atoms with E-state index in [-0.39, 0.29) is 0 Å². The summed E-state index contributed by atoms with van der Waals surface area (Å²) in [5.74, 6) is 0.665. The van der Waals surface area contributed by atoms with E-state index in [2.05, 4.69) is 22.4 Å². The van der Waals surface area contributed by atoms with Crippen LogP contribution in [0.2, 0.25) is 5.15 Å². The number of piperidine rings is 1. The number of hydrogen-bond donors (Lipinski definition) is 1. The Labute approximate surface area is 94.4 Å². The molecule has 0 radical (unpaired) electrons. The average molecular weight is 221 g/mol. The zero-order valence-electron chi connectivity index (χ0n) is 8.41. The summed E-state index contributed by atoms with van der Waals surface area (Å²) < 4.78 is 0. The van der Waals surface area contributed by atoms with Crippen molar-refractivity contribution in [1.29, 1.82) is 0 Å². The fourth-order valence-electron chi connectivity index (χ4n) is 2.52. The Kier molecular flexibility index (Phi) is 2.26. The van der Waals surface area contributed by atoms with E-state index in [1.54, 1.807) is 0 Å². The second-order valence-corrected chi connectivity index (χ2v) is 4.67. The van der Waals surface area contributed by atoms with Crippen LogP contribution in [0.15, 0.2) is 24.4 Å². The molecular weight excluding hydrogens is 208 g/mol. The van der Waals surface area contributed by atoms with Crippen molar-refractivity contribution >= 4 is 17.2 Å². The van der Waals surface area contributed by atoms with Crippen molar-refractivity contribution in [3.8, 4) is 0 Å². The topological polar surface area (TPSA) is 24.9 Å². The van der Waals surface area contributed by atoms with Crippen molar-refractivity contribution in [3.05, 3.63) is 35.1 Å². The normalized spacial score (nSPS) is 29.0. The Morgan fingerprint density at radius 1 is 1.33 bits per heavy atom. The molecule has 0 spiro atoms. The summed E-state index contributed by atoms with van der Waals surface area (Å²) >= 11 is 5.79. The van der Waals surface area contributed by atoms with E-state index in [4.69, 9.17) is 11.6 Å². The Morgan fingerprint density at radius 3 is 2.80 bits per heavy atom. The molecule has 1 aliphatic carbocycles. The largest absolute Gasteiger partial charge is 0.310 e. The monoisotopic (exact) mass is 220 g/mol. The Balaban J connectivity index is 1.97. The van der Waals surface area contributed by atoms with Gasteiger partial charge in [0.05, 0.1) is 0 Å². The predicted octanol–water partition coefficient (Wildman–Crippen LogP) is 2.50. The van der Waals surface area contributed by atoms with E-state index in [0.29, 0.717) is 17.1 Å². The first-order valence-corrected chi connectivity index (χ1v) is 5.78. The lowest BCUT2D eigenvalue weighted by Crippen LogP contribution is -2.42. The number of nitrogens with one attached hydrogen (secondary N) is 1. The van der Waals surface area contributed by atoms with Gasteiger partial charge >= 0.3 is 0 Å². The number of halogens is 1. The molecule has 2 nitrogen and oxygen atoms in total. The molecule has 3 heteroatoms. The number of fused-ring (bicyclic) bond motifs is 2. The van der Waals surface area contributed by atoms with Crippen molar-refractivity contribution in [2.75, 3.05) is 6.54 Å². The van der Waals surface area contributed by atoms with Gasteiger partial charge in [0, 0.05) is 18.8 Å². The van der Waals surface area contributed by atoms with E-state index in [9.17, 15) is 0 Å². The number of nitrogens with zero attached hydrogens (tertiary/aromatic N) is 1. The molecule has 2 bridgehead atoms. The summed E-state index contributed by atoms with van der Waals surface area (Å²) in [7, 11) is 0. The summed E-state index contributed by atoms with van der Waals surface area (Å²) in [6, 6.07) is 4.51. The maximum Gasteiger partial charge on any atom is 0.129 e. The Morgan fingerprint density at radius 2 is 2.27 bits per heavy atom. The van der Waals surface area contributed by atoms with Crippen LogP contribution in [-0.4, -0.2) is 17.6 Å². The zero-order chi connectivity index (χ0) is 10.3. The minimum atomic E-state index is 0.568. The molecule has 1 aromatic rings. The highest BCUT2D eigenvalue weighted by atomic mass is 35.5. The third-order valence-electron chi connectivity index (χ3n) is 3.33. The zero-order valence-corrected chi connectivity index (χ0v) is 9.17. The molecule has 2 aliphatic heterocycles. The molecule has 3 heterocycles. The van der Waals surface area contributed by atoms with Gasteiger partial charge in [-0.3, -0.25) is 0 Å². The fraction of sp³-hybridized carbons (Fsp3) is 0.417. The van der Waals surface area contributed by atoms with Gasteiger partial charge in [-0.25, -0.2) is 4.98 Å². The molecule has 0 amide bonds. The Hall–Kier alpha value is -0.860. The van der Waals surface area contributed by atoms with Gasteiger partial charge in [0.1, 0.15) is 5.15 Å². The highest BCUT2D eigenvalue weighted by Crippen LogP contribution is 2.35. The molecule has 15 heavy (non-hydrogen) atoms. The minimum Gasteiger partial charge on any atom is -0.310 e. The molecule has 78 valence electrons. The molecule has 3 aliphatic rings. The van der Waals surface area contributed by atoms with E-state index in [0.717, 1.165) is 6.54 Å². The van der Waals surface area contributed by atoms with Gasteiger partial charge in [0.2, 0.25) is 0 Å². The smallest absolute Gasteiger partial charge is 0.129 e. The summed E-state index contributed by atoms with van der Waals surface area (Å²) in [4.78, 5) is 4.14. The van der Waals surface area contributed by atoms with Gasteiger partial charge in [-0.2, -0.15) is 0 Å². The molecular formula is C12H13ClN2. The van der Waals surface area contributed by atoms with Crippen LogP contribution >= 0.6 is 11.6 Å². The molecule has 1 N–H and O–H groups in total. The third kappa shape index (κ3) is 1.68. The molecule has 1 aromatic heterocycles. The van der Waals surface area contributed by atoms with Crippen LogP contribution in [0, 0.1) is 5.92 Å². The van der Waals surface area contributed by atoms with E-state index in [1.807, 2.05) is 12.3 Å². The van der Waals surface area contributed by atoms with E-state index in [1.165, 1.54) is 24.0 Å². The molecule has 2 atom stereocenters. The number of hydrogen-bond acceptors (Lipinski definition) is 2. The minimum absolute atomic E-state index is 0.568. The molecule has 2 unspecified atom stereocenters. The quantitative estimate of drug-likeness (QED) is 0.736. The second-order valence-electron chi connectivity index (χ2n) is 4.28. The third-order valence-corrected chi connectivity index (χ3v) is 3.56. The average Bonchev–Trinajstić information content (AvgIpc) is 2.31. The van der Waals surface area contributed by atoms with E-state index >= 15 is 0 Å². The highest BCUT2D eigenvalue weighted by Gasteiger charge is 2.28. The standard InChI is InChI=1S/C12H13ClN2/c13-12-4-2-9(7-15-12)11-5-10-3-1-8(11)6-14-10/h2,4-5,7-8,10,14H,1,3,6H2. The number of aromatic nitrogens is 1. The fourth-order valence-corrected chi connectivity index (χ4v) is 2.63. The van der Waals surface area contributed by atoms with Crippen LogP contribution in [0.1, 0.15) is 18.4 Å². The van der Waals surface area contributed by atoms with Crippen LogP contribution in [0.25, 0.3) is 5.57 Å². The highest BCUT2D eigenvalue weighted by molar-refractivity contribution is 6.29. The van der Waals surface area contributed by atoms with Gasteiger partial charge in [0.15, 0.2) is 0 Å². The lowest BCUT2D eigenvalue weighted by Gasteiger charge is -2.36. The van der Waals surface area contributed by atoms with Crippen molar-refractivity contribution in [2.24, 2.45) is 5.92 Å². The van der Waals surface area contributed by atoms with Crippen molar-refractivity contribution in [2.45, 2.75) is 18.9 Å². The SMILES string of the molecule is Clc1ccc(C2=CC3CCC2CN3)cn1. The lowest BCUT2D eigenvalue weighted by atomic mass is 9.79. The molecule has 0 saturated carbocycles. The van der Waals surface area contributed by atoms with Gasteiger partial charge in [-0.15, -0.1) is 0 Å². The van der Waals surface area contributed by atoms with Crippen LogP contribution in [0.3, 0.4) is 0 Å². The summed E-state index contributed by atoms with van der Waals surface area (Å²) in [6.45, 7) is 1.11. The van der Waals surface area contributed by atoms with Crippen LogP contribution in [0.4, 0.5) is 0 Å². The predicted molar refractivity (Wildman–Crippen MR) is 61.7 cm³/mol. The molecule has 1 saturated heterocycles. The van der Waals surface area contributed by atoms with Crippen LogP contribution in [-0.2, 0) is 0 Å². The van der Waals surface area contributed by atoms with Gasteiger partial charge < -0.3 is 5.32 Å². The second kappa shape index (κ2) is 3.62.